The van der Waals surface area contributed by atoms with Crippen LogP contribution in [0.1, 0.15) is 13.3 Å². The van der Waals surface area contributed by atoms with Gasteiger partial charge in [0, 0.05) is 19.5 Å². The van der Waals surface area contributed by atoms with E-state index in [4.69, 9.17) is 5.11 Å². The Hall–Kier alpha value is -0.0466. The van der Waals surface area contributed by atoms with Crippen LogP contribution in [0.3, 0.4) is 0 Å². The molecule has 0 aliphatic rings. The summed E-state index contributed by atoms with van der Waals surface area (Å²) in [5.41, 5.74) is -6.69. The van der Waals surface area contributed by atoms with Crippen molar-refractivity contribution in [1.82, 2.24) is 0 Å². The van der Waals surface area contributed by atoms with E-state index in [0.717, 1.165) is 6.42 Å². The molecule has 0 aromatic rings. The maximum absolute atomic E-state index is 11.4. The van der Waals surface area contributed by atoms with E-state index in [9.17, 15) is 39.5 Å². The zero-order valence-corrected chi connectivity index (χ0v) is 11.9. The molecule has 0 aromatic carbocycles. The summed E-state index contributed by atoms with van der Waals surface area (Å²) in [6, 6.07) is 0. The first kappa shape index (κ1) is 23.1. The molecule has 0 spiro atoms. The number of alkyl halides is 9. The second kappa shape index (κ2) is 6.93. The summed E-state index contributed by atoms with van der Waals surface area (Å²) >= 11 is 0. The summed E-state index contributed by atoms with van der Waals surface area (Å²) in [6.45, 7) is 5.50. The van der Waals surface area contributed by atoms with Crippen LogP contribution in [0.4, 0.5) is 39.5 Å². The third-order valence-electron chi connectivity index (χ3n) is 1.23. The number of hydrogen-bond donors (Lipinski definition) is 1. The van der Waals surface area contributed by atoms with Crippen LogP contribution in [-0.2, 0) is 19.5 Å². The van der Waals surface area contributed by atoms with Crippen molar-refractivity contribution in [1.29, 1.82) is 0 Å². The molecule has 11 heteroatoms. The number of hydrogen-bond acceptors (Lipinski definition) is 1. The van der Waals surface area contributed by atoms with Crippen molar-refractivity contribution in [2.75, 3.05) is 0 Å². The summed E-state index contributed by atoms with van der Waals surface area (Å²) in [5.74, 6) is 0. The summed E-state index contributed by atoms with van der Waals surface area (Å²) in [6.07, 6.45) is -19.6. The van der Waals surface area contributed by atoms with Gasteiger partial charge in [-0.05, 0) is 0 Å². The predicted octanol–water partition coefficient (Wildman–Crippen LogP) is 3.63. The SMILES string of the molecule is OC(C(F)(F)F)(C(F)(F)F)C(F)(F)F.[CH2-]CC.[Zn]. The van der Waals surface area contributed by atoms with Crippen LogP contribution in [0.5, 0.6) is 0 Å². The van der Waals surface area contributed by atoms with Gasteiger partial charge >= 0.3 is 24.1 Å². The maximum atomic E-state index is 11.4. The molecule has 0 aromatic heterocycles. The van der Waals surface area contributed by atoms with E-state index in [-0.39, 0.29) is 19.5 Å². The summed E-state index contributed by atoms with van der Waals surface area (Å²) < 4.78 is 103. The van der Waals surface area contributed by atoms with Gasteiger partial charge in [0.2, 0.25) is 0 Å². The normalized spacial score (nSPS) is 13.3. The van der Waals surface area contributed by atoms with Crippen LogP contribution in [0, 0.1) is 6.92 Å². The van der Waals surface area contributed by atoms with Gasteiger partial charge in [-0.1, -0.05) is 6.92 Å². The van der Waals surface area contributed by atoms with Crippen LogP contribution < -0.4 is 0 Å². The van der Waals surface area contributed by atoms with Crippen molar-refractivity contribution >= 4 is 0 Å². The Kier molecular flexibility index (Phi) is 8.88. The Morgan fingerprint density at radius 1 is 0.778 bits per heavy atom. The minimum Gasteiger partial charge on any atom is -0.367 e. The smallest absolute Gasteiger partial charge is 0.367 e. The first-order chi connectivity index (χ1) is 7.16. The zero-order valence-electron chi connectivity index (χ0n) is 8.97. The van der Waals surface area contributed by atoms with Crippen molar-refractivity contribution in [3.05, 3.63) is 6.92 Å². The fraction of sp³-hybridized carbons (Fsp3) is 0.857. The van der Waals surface area contributed by atoms with Crippen molar-refractivity contribution < 1.29 is 64.1 Å². The van der Waals surface area contributed by atoms with E-state index in [1.165, 1.54) is 0 Å². The molecule has 1 nitrogen and oxygen atoms in total. The van der Waals surface area contributed by atoms with E-state index in [1.807, 2.05) is 6.92 Å². The zero-order chi connectivity index (χ0) is 14.7. The van der Waals surface area contributed by atoms with Crippen molar-refractivity contribution in [3.63, 3.8) is 0 Å². The van der Waals surface area contributed by atoms with Gasteiger partial charge in [0.15, 0.2) is 0 Å². The monoisotopic (exact) mass is 343 g/mol. The molecule has 0 radical (unpaired) electrons. The van der Waals surface area contributed by atoms with E-state index < -0.39 is 24.1 Å². The van der Waals surface area contributed by atoms with Gasteiger partial charge in [0.1, 0.15) is 0 Å². The van der Waals surface area contributed by atoms with Gasteiger partial charge in [0.05, 0.1) is 0 Å². The van der Waals surface area contributed by atoms with Crippen LogP contribution in [-0.4, -0.2) is 29.2 Å². The topological polar surface area (TPSA) is 20.2 Å². The van der Waals surface area contributed by atoms with Gasteiger partial charge in [-0.25, -0.2) is 0 Å². The van der Waals surface area contributed by atoms with Crippen LogP contribution in [0.2, 0.25) is 0 Å². The maximum Gasteiger partial charge on any atom is 0.435 e. The Bertz CT molecular complexity index is 193. The molecule has 0 heterocycles. The number of rotatable bonds is 0. The Labute approximate surface area is 109 Å². The second-order valence-corrected chi connectivity index (χ2v) is 2.70. The van der Waals surface area contributed by atoms with Gasteiger partial charge in [-0.15, -0.1) is 0 Å². The van der Waals surface area contributed by atoms with Crippen LogP contribution in [0.25, 0.3) is 0 Å². The molecular weight excluding hydrogens is 336 g/mol. The summed E-state index contributed by atoms with van der Waals surface area (Å²) in [5, 5.41) is 7.65. The van der Waals surface area contributed by atoms with Gasteiger partial charge in [0.25, 0.3) is 0 Å². The molecule has 1 N–H and O–H groups in total. The average Bonchev–Trinajstić information content (AvgIpc) is 1.97. The largest absolute Gasteiger partial charge is 0.435 e. The van der Waals surface area contributed by atoms with Crippen LogP contribution >= 0.6 is 0 Å². The van der Waals surface area contributed by atoms with Crippen LogP contribution in [0.15, 0.2) is 0 Å². The molecule has 108 valence electrons. The third-order valence-corrected chi connectivity index (χ3v) is 1.23. The fourth-order valence-electron chi connectivity index (χ4n) is 0.482. The van der Waals surface area contributed by atoms with Gasteiger partial charge in [-0.3, -0.25) is 0 Å². The minimum absolute atomic E-state index is 0. The molecule has 0 rings (SSSR count). The fourth-order valence-corrected chi connectivity index (χ4v) is 0.482. The number of aliphatic hydroxyl groups is 1. The Morgan fingerprint density at radius 2 is 0.889 bits per heavy atom. The van der Waals surface area contributed by atoms with E-state index in [0.29, 0.717) is 0 Å². The summed E-state index contributed by atoms with van der Waals surface area (Å²) in [4.78, 5) is 0. The molecule has 0 fully saturated rings. The molecule has 0 atom stereocenters. The average molecular weight is 345 g/mol. The molecule has 18 heavy (non-hydrogen) atoms. The second-order valence-electron chi connectivity index (χ2n) is 2.70. The first-order valence-corrected chi connectivity index (χ1v) is 3.88. The predicted molar refractivity (Wildman–Crippen MR) is 38.8 cm³/mol. The molecule has 0 amide bonds. The molecule has 0 unspecified atom stereocenters. The van der Waals surface area contributed by atoms with Crippen molar-refractivity contribution in [3.8, 4) is 0 Å². The Morgan fingerprint density at radius 3 is 0.889 bits per heavy atom. The quantitative estimate of drug-likeness (QED) is 0.404. The van der Waals surface area contributed by atoms with Crippen molar-refractivity contribution in [2.45, 2.75) is 37.5 Å². The molecule has 0 bridgehead atoms. The van der Waals surface area contributed by atoms with Gasteiger partial charge in [-0.2, -0.15) is 45.9 Å². The van der Waals surface area contributed by atoms with Gasteiger partial charge < -0.3 is 12.0 Å². The molecule has 0 saturated carbocycles. The molecule has 0 saturated heterocycles. The van der Waals surface area contributed by atoms with E-state index in [2.05, 4.69) is 6.92 Å². The number of halogens is 9. The van der Waals surface area contributed by atoms with Crippen molar-refractivity contribution in [2.24, 2.45) is 0 Å². The van der Waals surface area contributed by atoms with E-state index >= 15 is 0 Å². The molecular formula is C7H8F9OZn-. The minimum atomic E-state index is -6.87. The summed E-state index contributed by atoms with van der Waals surface area (Å²) in [7, 11) is 0. The molecule has 0 aliphatic carbocycles. The standard InChI is InChI=1S/C4HF9O.C3H7.Zn/c5-2(6,7)1(14,3(8,9)10)4(11,12)13;1-3-2;/h14H;1,3H2,2H3;/q;-1;. The van der Waals surface area contributed by atoms with E-state index in [1.54, 1.807) is 0 Å². The first-order valence-electron chi connectivity index (χ1n) is 3.88. The molecule has 0 aliphatic heterocycles. The Balaban J connectivity index is -0.000000507. The third kappa shape index (κ3) is 4.91.